The van der Waals surface area contributed by atoms with E-state index in [1.807, 2.05) is 23.1 Å². The van der Waals surface area contributed by atoms with Crippen LogP contribution in [0.3, 0.4) is 0 Å². The van der Waals surface area contributed by atoms with Crippen molar-refractivity contribution in [3.63, 3.8) is 0 Å². The normalized spacial score (nSPS) is 20.7. The molecule has 0 spiro atoms. The van der Waals surface area contributed by atoms with E-state index in [1.54, 1.807) is 0 Å². The maximum Gasteiger partial charge on any atom is 0.315 e. The third-order valence-corrected chi connectivity index (χ3v) is 5.99. The maximum absolute atomic E-state index is 12.8. The molecule has 146 valence electrons. The van der Waals surface area contributed by atoms with E-state index in [9.17, 15) is 9.59 Å². The van der Waals surface area contributed by atoms with Crippen LogP contribution in [0.4, 0.5) is 4.79 Å². The molecule has 2 aliphatic heterocycles. The van der Waals surface area contributed by atoms with E-state index in [4.69, 9.17) is 4.74 Å². The molecular formula is C21H29N3O3. The number of rotatable bonds is 3. The van der Waals surface area contributed by atoms with Gasteiger partial charge in [0.25, 0.3) is 5.91 Å². The number of benzene rings is 1. The Morgan fingerprint density at radius 2 is 1.67 bits per heavy atom. The lowest BCUT2D eigenvalue weighted by Gasteiger charge is -2.33. The summed E-state index contributed by atoms with van der Waals surface area (Å²) in [6, 6.07) is 6.14. The molecule has 2 heterocycles. The van der Waals surface area contributed by atoms with Gasteiger partial charge in [-0.15, -0.1) is 0 Å². The van der Waals surface area contributed by atoms with Gasteiger partial charge in [-0.1, -0.05) is 19.3 Å². The first-order valence-corrected chi connectivity index (χ1v) is 10.3. The van der Waals surface area contributed by atoms with Gasteiger partial charge in [0.2, 0.25) is 0 Å². The number of piperidine rings is 1. The fraction of sp³-hybridized carbons (Fsp3) is 0.619. The lowest BCUT2D eigenvalue weighted by atomic mass is 9.96. The summed E-state index contributed by atoms with van der Waals surface area (Å²) in [7, 11) is 0. The summed E-state index contributed by atoms with van der Waals surface area (Å²) >= 11 is 0. The van der Waals surface area contributed by atoms with E-state index < -0.39 is 0 Å². The van der Waals surface area contributed by atoms with E-state index in [0.29, 0.717) is 25.7 Å². The van der Waals surface area contributed by atoms with Gasteiger partial charge in [-0.05, 0) is 49.4 Å². The highest BCUT2D eigenvalue weighted by molar-refractivity contribution is 5.94. The molecule has 0 aromatic heterocycles. The molecule has 27 heavy (non-hydrogen) atoms. The number of amides is 3. The number of ether oxygens (including phenoxy) is 1. The zero-order valence-corrected chi connectivity index (χ0v) is 15.8. The molecule has 0 bridgehead atoms. The number of nitrogens with one attached hydrogen (secondary N) is 2. The predicted octanol–water partition coefficient (Wildman–Crippen LogP) is 2.86. The minimum Gasteiger partial charge on any atom is -0.493 e. The third-order valence-electron chi connectivity index (χ3n) is 5.99. The van der Waals surface area contributed by atoms with Gasteiger partial charge in [0.1, 0.15) is 5.75 Å². The predicted molar refractivity (Wildman–Crippen MR) is 103 cm³/mol. The molecule has 2 N–H and O–H groups in total. The van der Waals surface area contributed by atoms with Crippen molar-refractivity contribution in [2.24, 2.45) is 0 Å². The first-order valence-electron chi connectivity index (χ1n) is 10.3. The molecule has 3 amide bonds. The summed E-state index contributed by atoms with van der Waals surface area (Å²) < 4.78 is 5.51. The minimum atomic E-state index is -0.0506. The van der Waals surface area contributed by atoms with Crippen molar-refractivity contribution >= 4 is 11.9 Å². The molecule has 1 aromatic carbocycles. The summed E-state index contributed by atoms with van der Waals surface area (Å²) in [6.45, 7) is 2.06. The van der Waals surface area contributed by atoms with Gasteiger partial charge in [0.15, 0.2) is 0 Å². The van der Waals surface area contributed by atoms with Crippen molar-refractivity contribution in [2.75, 3.05) is 19.7 Å². The molecule has 0 unspecified atom stereocenters. The Kier molecular flexibility index (Phi) is 5.50. The van der Waals surface area contributed by atoms with Gasteiger partial charge >= 0.3 is 6.03 Å². The van der Waals surface area contributed by atoms with Crippen molar-refractivity contribution in [2.45, 2.75) is 63.5 Å². The number of hydrogen-bond donors (Lipinski definition) is 2. The molecule has 1 aromatic rings. The summed E-state index contributed by atoms with van der Waals surface area (Å²) in [5.41, 5.74) is 1.86. The Morgan fingerprint density at radius 3 is 2.41 bits per heavy atom. The smallest absolute Gasteiger partial charge is 0.315 e. The van der Waals surface area contributed by atoms with Crippen molar-refractivity contribution < 1.29 is 14.3 Å². The zero-order valence-electron chi connectivity index (χ0n) is 15.8. The SMILES string of the molecule is O=C(NC1CCCCC1)NC1CCN(C(=O)c2ccc3c(c2)CCO3)CC1. The quantitative estimate of drug-likeness (QED) is 0.858. The highest BCUT2D eigenvalue weighted by Gasteiger charge is 2.26. The molecule has 6 nitrogen and oxygen atoms in total. The van der Waals surface area contributed by atoms with Gasteiger partial charge in [-0.3, -0.25) is 4.79 Å². The van der Waals surface area contributed by atoms with E-state index in [0.717, 1.165) is 49.0 Å². The van der Waals surface area contributed by atoms with Crippen molar-refractivity contribution in [1.29, 1.82) is 0 Å². The van der Waals surface area contributed by atoms with Crippen LogP contribution in [0.25, 0.3) is 0 Å². The molecule has 2 fully saturated rings. The summed E-state index contributed by atoms with van der Waals surface area (Å²) in [5.74, 6) is 0.980. The average Bonchev–Trinajstić information content (AvgIpc) is 3.16. The molecule has 1 saturated carbocycles. The van der Waals surface area contributed by atoms with Crippen LogP contribution in [-0.2, 0) is 6.42 Å². The molecule has 6 heteroatoms. The highest BCUT2D eigenvalue weighted by Crippen LogP contribution is 2.27. The summed E-state index contributed by atoms with van der Waals surface area (Å²) in [5, 5.41) is 6.20. The Balaban J connectivity index is 1.24. The van der Waals surface area contributed by atoms with Crippen LogP contribution in [0.5, 0.6) is 5.75 Å². The topological polar surface area (TPSA) is 70.7 Å². The number of hydrogen-bond acceptors (Lipinski definition) is 3. The first kappa shape index (κ1) is 18.1. The van der Waals surface area contributed by atoms with Crippen LogP contribution < -0.4 is 15.4 Å². The Labute approximate surface area is 160 Å². The van der Waals surface area contributed by atoms with Gasteiger partial charge in [-0.25, -0.2) is 4.79 Å². The van der Waals surface area contributed by atoms with E-state index in [1.165, 1.54) is 19.3 Å². The molecule has 3 aliphatic rings. The standard InChI is InChI=1S/C21H29N3O3/c25-20(16-6-7-19-15(14-16)10-13-27-19)24-11-8-18(9-12-24)23-21(26)22-17-4-2-1-3-5-17/h6-7,14,17-18H,1-5,8-13H2,(H2,22,23,26). The summed E-state index contributed by atoms with van der Waals surface area (Å²) in [4.78, 5) is 26.9. The minimum absolute atomic E-state index is 0.0506. The highest BCUT2D eigenvalue weighted by atomic mass is 16.5. The van der Waals surface area contributed by atoms with Crippen LogP contribution in [0.1, 0.15) is 60.9 Å². The maximum atomic E-state index is 12.8. The van der Waals surface area contributed by atoms with E-state index >= 15 is 0 Å². The number of carbonyl (C=O) groups is 2. The van der Waals surface area contributed by atoms with Gasteiger partial charge in [0.05, 0.1) is 6.61 Å². The lowest BCUT2D eigenvalue weighted by Crippen LogP contribution is -2.51. The van der Waals surface area contributed by atoms with Crippen LogP contribution in [0, 0.1) is 0 Å². The first-order chi connectivity index (χ1) is 13.2. The molecule has 0 atom stereocenters. The number of nitrogens with zero attached hydrogens (tertiary/aromatic N) is 1. The molecular weight excluding hydrogens is 342 g/mol. The van der Waals surface area contributed by atoms with Crippen molar-refractivity contribution in [3.05, 3.63) is 29.3 Å². The third kappa shape index (κ3) is 4.37. The molecule has 1 aliphatic carbocycles. The Hall–Kier alpha value is -2.24. The zero-order chi connectivity index (χ0) is 18.6. The van der Waals surface area contributed by atoms with Gasteiger partial charge < -0.3 is 20.3 Å². The molecule has 1 saturated heterocycles. The average molecular weight is 371 g/mol. The fourth-order valence-corrected chi connectivity index (χ4v) is 4.39. The number of carbonyl (C=O) groups excluding carboxylic acids is 2. The van der Waals surface area contributed by atoms with Crippen LogP contribution in [-0.4, -0.2) is 48.6 Å². The van der Waals surface area contributed by atoms with Crippen LogP contribution in [0.2, 0.25) is 0 Å². The number of fused-ring (bicyclic) bond motifs is 1. The Morgan fingerprint density at radius 1 is 0.963 bits per heavy atom. The monoisotopic (exact) mass is 371 g/mol. The van der Waals surface area contributed by atoms with Crippen LogP contribution >= 0.6 is 0 Å². The Bertz CT molecular complexity index is 692. The lowest BCUT2D eigenvalue weighted by molar-refractivity contribution is 0.0708. The molecule has 4 rings (SSSR count). The number of urea groups is 1. The van der Waals surface area contributed by atoms with Crippen molar-refractivity contribution in [1.82, 2.24) is 15.5 Å². The fourth-order valence-electron chi connectivity index (χ4n) is 4.39. The second kappa shape index (κ2) is 8.19. The second-order valence-corrected chi connectivity index (χ2v) is 7.94. The molecule has 0 radical (unpaired) electrons. The summed E-state index contributed by atoms with van der Waals surface area (Å²) in [6.07, 6.45) is 8.36. The van der Waals surface area contributed by atoms with Gasteiger partial charge in [0, 0.05) is 37.2 Å². The van der Waals surface area contributed by atoms with E-state index in [-0.39, 0.29) is 18.0 Å². The van der Waals surface area contributed by atoms with Crippen LogP contribution in [0.15, 0.2) is 18.2 Å². The van der Waals surface area contributed by atoms with Crippen molar-refractivity contribution in [3.8, 4) is 5.75 Å². The van der Waals surface area contributed by atoms with E-state index in [2.05, 4.69) is 10.6 Å². The van der Waals surface area contributed by atoms with Gasteiger partial charge in [-0.2, -0.15) is 0 Å². The second-order valence-electron chi connectivity index (χ2n) is 7.94. The number of likely N-dealkylation sites (tertiary alicyclic amines) is 1. The largest absolute Gasteiger partial charge is 0.493 e.